The molecule has 0 aliphatic carbocycles. The lowest BCUT2D eigenvalue weighted by atomic mass is 10.1. The molecular formula is C11H7F5O. The summed E-state index contributed by atoms with van der Waals surface area (Å²) in [6.45, 7) is -0.354. The number of rotatable bonds is 4. The maximum absolute atomic E-state index is 13.1. The largest absolute Gasteiger partial charge is 0.480 e. The molecular weight excluding hydrogens is 243 g/mol. The van der Waals surface area contributed by atoms with Gasteiger partial charge in [-0.25, -0.2) is 22.0 Å². The Labute approximate surface area is 94.2 Å². The van der Waals surface area contributed by atoms with E-state index in [1.165, 1.54) is 0 Å². The van der Waals surface area contributed by atoms with E-state index in [2.05, 4.69) is 4.74 Å². The zero-order chi connectivity index (χ0) is 13.0. The molecule has 0 saturated carbocycles. The van der Waals surface area contributed by atoms with Crippen LogP contribution in [0.4, 0.5) is 22.0 Å². The molecule has 0 aliphatic heterocycles. The second kappa shape index (κ2) is 5.53. The van der Waals surface area contributed by atoms with Crippen LogP contribution >= 0.6 is 0 Å². The van der Waals surface area contributed by atoms with Crippen molar-refractivity contribution >= 4 is 0 Å². The summed E-state index contributed by atoms with van der Waals surface area (Å²) >= 11 is 0. The van der Waals surface area contributed by atoms with Crippen molar-refractivity contribution in [3.63, 3.8) is 0 Å². The predicted octanol–water partition coefficient (Wildman–Crippen LogP) is 3.71. The molecule has 1 aromatic rings. The van der Waals surface area contributed by atoms with Gasteiger partial charge in [0.1, 0.15) is 18.2 Å². The summed E-state index contributed by atoms with van der Waals surface area (Å²) in [5.74, 6) is 0.165. The summed E-state index contributed by atoms with van der Waals surface area (Å²) < 4.78 is 67.4. The average Bonchev–Trinajstić information content (AvgIpc) is 2.25. The van der Waals surface area contributed by atoms with E-state index in [1.807, 2.05) is 5.92 Å². The highest BCUT2D eigenvalue weighted by Crippen LogP contribution is 2.34. The molecule has 0 aliphatic rings. The van der Waals surface area contributed by atoms with E-state index in [0.29, 0.717) is 12.1 Å². The van der Waals surface area contributed by atoms with E-state index in [4.69, 9.17) is 6.42 Å². The van der Waals surface area contributed by atoms with Crippen LogP contribution in [0.3, 0.4) is 0 Å². The zero-order valence-electron chi connectivity index (χ0n) is 8.39. The van der Waals surface area contributed by atoms with Crippen LogP contribution in [-0.4, -0.2) is 6.61 Å². The second-order valence-electron chi connectivity index (χ2n) is 3.01. The molecule has 1 nitrogen and oxygen atoms in total. The first kappa shape index (κ1) is 13.3. The van der Waals surface area contributed by atoms with Gasteiger partial charge in [-0.05, 0) is 6.07 Å². The summed E-state index contributed by atoms with van der Waals surface area (Å²) in [5, 5.41) is 0. The van der Waals surface area contributed by atoms with Gasteiger partial charge in [0.2, 0.25) is 0 Å². The highest BCUT2D eigenvalue weighted by Gasteiger charge is 2.22. The Balaban J connectivity index is 3.21. The fourth-order valence-electron chi connectivity index (χ4n) is 1.17. The first-order chi connectivity index (χ1) is 7.97. The van der Waals surface area contributed by atoms with E-state index in [-0.39, 0.29) is 6.61 Å². The molecule has 92 valence electrons. The molecule has 0 bridgehead atoms. The van der Waals surface area contributed by atoms with E-state index in [1.54, 1.807) is 0 Å². The molecule has 0 fully saturated rings. The Bertz CT molecular complexity index is 436. The summed E-state index contributed by atoms with van der Waals surface area (Å²) in [5.41, 5.74) is -1.90. The third kappa shape index (κ3) is 3.09. The van der Waals surface area contributed by atoms with Gasteiger partial charge in [0.05, 0.1) is 11.1 Å². The van der Waals surface area contributed by atoms with Crippen molar-refractivity contribution in [3.8, 4) is 18.1 Å². The number of hydrogen-bond donors (Lipinski definition) is 0. The van der Waals surface area contributed by atoms with Crippen LogP contribution in [0.2, 0.25) is 0 Å². The Kier molecular flexibility index (Phi) is 4.32. The second-order valence-corrected chi connectivity index (χ2v) is 3.01. The summed E-state index contributed by atoms with van der Waals surface area (Å²) in [4.78, 5) is 0. The van der Waals surface area contributed by atoms with Gasteiger partial charge in [-0.2, -0.15) is 0 Å². The van der Waals surface area contributed by atoms with Gasteiger partial charge < -0.3 is 4.74 Å². The minimum atomic E-state index is -3.17. The van der Waals surface area contributed by atoms with Crippen LogP contribution in [0.5, 0.6) is 5.75 Å². The molecule has 0 N–H and O–H groups in total. The van der Waals surface area contributed by atoms with Gasteiger partial charge in [0, 0.05) is 6.07 Å². The van der Waals surface area contributed by atoms with E-state index >= 15 is 0 Å². The number of halogens is 5. The van der Waals surface area contributed by atoms with Crippen molar-refractivity contribution in [2.45, 2.75) is 12.9 Å². The Hall–Kier alpha value is -1.77. The lowest BCUT2D eigenvalue weighted by Crippen LogP contribution is -2.02. The summed E-state index contributed by atoms with van der Waals surface area (Å²) in [6, 6.07) is 0.872. The highest BCUT2D eigenvalue weighted by molar-refractivity contribution is 5.39. The van der Waals surface area contributed by atoms with Crippen LogP contribution in [0.15, 0.2) is 12.1 Å². The molecule has 17 heavy (non-hydrogen) atoms. The lowest BCUT2D eigenvalue weighted by molar-refractivity contribution is 0.137. The molecule has 0 spiro atoms. The third-order valence-electron chi connectivity index (χ3n) is 1.91. The van der Waals surface area contributed by atoms with Crippen LogP contribution in [0, 0.1) is 18.2 Å². The summed E-state index contributed by atoms with van der Waals surface area (Å²) in [7, 11) is 0. The molecule has 1 rings (SSSR count). The molecule has 0 unspecified atom stereocenters. The van der Waals surface area contributed by atoms with Crippen molar-refractivity contribution in [1.29, 1.82) is 0 Å². The molecule has 0 amide bonds. The zero-order valence-corrected chi connectivity index (χ0v) is 8.39. The minimum absolute atomic E-state index is 0.354. The molecule has 0 atom stereocenters. The topological polar surface area (TPSA) is 9.23 Å². The summed E-state index contributed by atoms with van der Waals surface area (Å²) in [6.07, 6.45) is -1.38. The van der Waals surface area contributed by atoms with E-state index in [0.717, 1.165) is 0 Å². The highest BCUT2D eigenvalue weighted by atomic mass is 19.3. The molecule has 0 heterocycles. The van der Waals surface area contributed by atoms with Gasteiger partial charge in [-0.15, -0.1) is 6.42 Å². The maximum atomic E-state index is 13.1. The Morgan fingerprint density at radius 1 is 1.12 bits per heavy atom. The van der Waals surface area contributed by atoms with Crippen molar-refractivity contribution in [1.82, 2.24) is 0 Å². The monoisotopic (exact) mass is 250 g/mol. The van der Waals surface area contributed by atoms with E-state index < -0.39 is 35.5 Å². The van der Waals surface area contributed by atoms with Crippen molar-refractivity contribution in [3.05, 3.63) is 29.1 Å². The molecule has 0 radical (unpaired) electrons. The number of benzene rings is 1. The molecule has 6 heteroatoms. The predicted molar refractivity (Wildman–Crippen MR) is 50.6 cm³/mol. The molecule has 0 aromatic heterocycles. The van der Waals surface area contributed by atoms with Crippen molar-refractivity contribution in [2.24, 2.45) is 0 Å². The van der Waals surface area contributed by atoms with Crippen molar-refractivity contribution in [2.75, 3.05) is 6.61 Å². The standard InChI is InChI=1S/C11H7F5O/c1-2-3-17-9-5-8(12)6(10(13)14)4-7(9)11(15)16/h1,4-5,10-11H,3H2. The van der Waals surface area contributed by atoms with E-state index in [9.17, 15) is 22.0 Å². The Morgan fingerprint density at radius 2 is 1.71 bits per heavy atom. The molecule has 1 aromatic carbocycles. The maximum Gasteiger partial charge on any atom is 0.267 e. The van der Waals surface area contributed by atoms with Crippen LogP contribution in [0.1, 0.15) is 24.0 Å². The minimum Gasteiger partial charge on any atom is -0.480 e. The van der Waals surface area contributed by atoms with Crippen molar-refractivity contribution < 1.29 is 26.7 Å². The van der Waals surface area contributed by atoms with Crippen LogP contribution < -0.4 is 4.74 Å². The first-order valence-electron chi connectivity index (χ1n) is 4.43. The SMILES string of the molecule is C#CCOc1cc(F)c(C(F)F)cc1C(F)F. The van der Waals surface area contributed by atoms with Crippen LogP contribution in [-0.2, 0) is 0 Å². The van der Waals surface area contributed by atoms with Gasteiger partial charge in [-0.1, -0.05) is 5.92 Å². The fraction of sp³-hybridized carbons (Fsp3) is 0.273. The van der Waals surface area contributed by atoms with Crippen LogP contribution in [0.25, 0.3) is 0 Å². The fourth-order valence-corrected chi connectivity index (χ4v) is 1.17. The van der Waals surface area contributed by atoms with Gasteiger partial charge in [-0.3, -0.25) is 0 Å². The Morgan fingerprint density at radius 3 is 2.18 bits per heavy atom. The quantitative estimate of drug-likeness (QED) is 0.584. The average molecular weight is 250 g/mol. The smallest absolute Gasteiger partial charge is 0.267 e. The first-order valence-corrected chi connectivity index (χ1v) is 4.43. The molecule has 0 saturated heterocycles. The van der Waals surface area contributed by atoms with Gasteiger partial charge in [0.25, 0.3) is 12.9 Å². The van der Waals surface area contributed by atoms with Gasteiger partial charge >= 0.3 is 0 Å². The number of alkyl halides is 4. The lowest BCUT2D eigenvalue weighted by Gasteiger charge is -2.12. The number of hydrogen-bond acceptors (Lipinski definition) is 1. The normalized spacial score (nSPS) is 10.7. The third-order valence-corrected chi connectivity index (χ3v) is 1.91. The number of terminal acetylenes is 1. The van der Waals surface area contributed by atoms with Gasteiger partial charge in [0.15, 0.2) is 0 Å². The number of ether oxygens (including phenoxy) is 1.